The molecule has 0 radical (unpaired) electrons. The molecule has 0 spiro atoms. The van der Waals surface area contributed by atoms with Crippen molar-refractivity contribution in [3.63, 3.8) is 0 Å². The van der Waals surface area contributed by atoms with Gasteiger partial charge in [-0.2, -0.15) is 0 Å². The average molecular weight is 357 g/mol. The molecule has 1 unspecified atom stereocenters. The first-order chi connectivity index (χ1) is 9.61. The summed E-state index contributed by atoms with van der Waals surface area (Å²) in [6.07, 6.45) is -0.599. The van der Waals surface area contributed by atoms with E-state index >= 15 is 0 Å². The molecule has 0 saturated heterocycles. The van der Waals surface area contributed by atoms with Gasteiger partial charge in [-0.15, -0.1) is 11.3 Å². The van der Waals surface area contributed by atoms with Gasteiger partial charge in [0.25, 0.3) is 0 Å². The van der Waals surface area contributed by atoms with Gasteiger partial charge < -0.3 is 14.6 Å². The van der Waals surface area contributed by atoms with Crippen molar-refractivity contribution >= 4 is 27.3 Å². The molecule has 0 fully saturated rings. The number of aryl methyl sites for hydroxylation is 1. The van der Waals surface area contributed by atoms with Crippen molar-refractivity contribution in [2.75, 3.05) is 20.3 Å². The standard InChI is InChI=1S/C15H17BrO3S/c1-10-3-6-14(20-10)15(17)11-4-5-13(12(16)9-11)19-8-7-18-2/h3-6,9,15,17H,7-8H2,1-2H3. The van der Waals surface area contributed by atoms with Gasteiger partial charge in [0.1, 0.15) is 18.5 Å². The molecular weight excluding hydrogens is 340 g/mol. The number of thiophene rings is 1. The van der Waals surface area contributed by atoms with Crippen LogP contribution in [-0.2, 0) is 4.74 Å². The van der Waals surface area contributed by atoms with Crippen molar-refractivity contribution < 1.29 is 14.6 Å². The van der Waals surface area contributed by atoms with Crippen molar-refractivity contribution in [1.82, 2.24) is 0 Å². The third-order valence-corrected chi connectivity index (χ3v) is 4.52. The number of methoxy groups -OCH3 is 1. The molecule has 0 aliphatic heterocycles. The molecular formula is C15H17BrO3S. The van der Waals surface area contributed by atoms with Gasteiger partial charge in [0.15, 0.2) is 0 Å². The number of hydrogen-bond donors (Lipinski definition) is 1. The predicted molar refractivity (Wildman–Crippen MR) is 84.6 cm³/mol. The third-order valence-electron chi connectivity index (χ3n) is 2.85. The van der Waals surface area contributed by atoms with Crippen LogP contribution in [0.5, 0.6) is 5.75 Å². The maximum atomic E-state index is 10.4. The summed E-state index contributed by atoms with van der Waals surface area (Å²) in [6.45, 7) is 3.08. The fourth-order valence-corrected chi connectivity index (χ4v) is 3.21. The van der Waals surface area contributed by atoms with E-state index < -0.39 is 6.10 Å². The van der Waals surface area contributed by atoms with E-state index in [1.165, 1.54) is 4.88 Å². The number of aliphatic hydroxyl groups is 1. The first-order valence-corrected chi connectivity index (χ1v) is 7.88. The van der Waals surface area contributed by atoms with E-state index in [0.717, 1.165) is 20.7 Å². The van der Waals surface area contributed by atoms with Crippen LogP contribution in [0.15, 0.2) is 34.8 Å². The zero-order chi connectivity index (χ0) is 14.5. The minimum Gasteiger partial charge on any atom is -0.490 e. The zero-order valence-corrected chi connectivity index (χ0v) is 13.8. The summed E-state index contributed by atoms with van der Waals surface area (Å²) in [5.74, 6) is 0.750. The Morgan fingerprint density at radius 3 is 2.65 bits per heavy atom. The van der Waals surface area contributed by atoms with Gasteiger partial charge in [0, 0.05) is 16.9 Å². The van der Waals surface area contributed by atoms with Gasteiger partial charge in [0.2, 0.25) is 0 Å². The van der Waals surface area contributed by atoms with Crippen LogP contribution in [0, 0.1) is 6.92 Å². The van der Waals surface area contributed by atoms with E-state index in [2.05, 4.69) is 15.9 Å². The third kappa shape index (κ3) is 3.82. The van der Waals surface area contributed by atoms with Crippen molar-refractivity contribution in [2.24, 2.45) is 0 Å². The Morgan fingerprint density at radius 2 is 2.05 bits per heavy atom. The second-order valence-electron chi connectivity index (χ2n) is 4.38. The van der Waals surface area contributed by atoms with E-state index in [9.17, 15) is 5.11 Å². The fraction of sp³-hybridized carbons (Fsp3) is 0.333. The van der Waals surface area contributed by atoms with E-state index in [0.29, 0.717) is 13.2 Å². The molecule has 0 bridgehead atoms. The topological polar surface area (TPSA) is 38.7 Å². The normalized spacial score (nSPS) is 12.4. The molecule has 1 aromatic heterocycles. The average Bonchev–Trinajstić information content (AvgIpc) is 2.86. The molecule has 20 heavy (non-hydrogen) atoms. The molecule has 5 heteroatoms. The Morgan fingerprint density at radius 1 is 1.25 bits per heavy atom. The SMILES string of the molecule is COCCOc1ccc(C(O)c2ccc(C)s2)cc1Br. The Hall–Kier alpha value is -0.880. The molecule has 0 amide bonds. The molecule has 2 aromatic rings. The van der Waals surface area contributed by atoms with E-state index in [-0.39, 0.29) is 0 Å². The lowest BCUT2D eigenvalue weighted by Crippen LogP contribution is -2.05. The van der Waals surface area contributed by atoms with Crippen molar-refractivity contribution in [3.8, 4) is 5.75 Å². The lowest BCUT2D eigenvalue weighted by Gasteiger charge is -2.12. The molecule has 2 rings (SSSR count). The Bertz CT molecular complexity index is 568. The molecule has 3 nitrogen and oxygen atoms in total. The van der Waals surface area contributed by atoms with E-state index in [1.807, 2.05) is 37.3 Å². The molecule has 0 saturated carbocycles. The summed E-state index contributed by atoms with van der Waals surface area (Å²) in [6, 6.07) is 9.61. The number of hydrogen-bond acceptors (Lipinski definition) is 4. The second kappa shape index (κ2) is 7.22. The van der Waals surface area contributed by atoms with Gasteiger partial charge in [-0.25, -0.2) is 0 Å². The van der Waals surface area contributed by atoms with E-state index in [4.69, 9.17) is 9.47 Å². The van der Waals surface area contributed by atoms with Crippen LogP contribution in [0.1, 0.15) is 21.4 Å². The smallest absolute Gasteiger partial charge is 0.133 e. The monoisotopic (exact) mass is 356 g/mol. The van der Waals surface area contributed by atoms with Crippen LogP contribution >= 0.6 is 27.3 Å². The largest absolute Gasteiger partial charge is 0.490 e. The van der Waals surface area contributed by atoms with Gasteiger partial charge >= 0.3 is 0 Å². The van der Waals surface area contributed by atoms with E-state index in [1.54, 1.807) is 18.4 Å². The van der Waals surface area contributed by atoms with Crippen LogP contribution in [0.4, 0.5) is 0 Å². The Balaban J connectivity index is 2.12. The number of rotatable bonds is 6. The van der Waals surface area contributed by atoms with Crippen molar-refractivity contribution in [2.45, 2.75) is 13.0 Å². The quantitative estimate of drug-likeness (QED) is 0.797. The predicted octanol–water partition coefficient (Wildman–Crippen LogP) is 3.93. The van der Waals surface area contributed by atoms with Crippen LogP contribution in [0.25, 0.3) is 0 Å². The summed E-state index contributed by atoms with van der Waals surface area (Å²) < 4.78 is 11.3. The van der Waals surface area contributed by atoms with Crippen LogP contribution in [-0.4, -0.2) is 25.4 Å². The van der Waals surface area contributed by atoms with Crippen LogP contribution in [0.3, 0.4) is 0 Å². The lowest BCUT2D eigenvalue weighted by molar-refractivity contribution is 0.146. The number of aliphatic hydroxyl groups excluding tert-OH is 1. The van der Waals surface area contributed by atoms with Crippen LogP contribution < -0.4 is 4.74 Å². The summed E-state index contributed by atoms with van der Waals surface area (Å²) in [7, 11) is 1.64. The van der Waals surface area contributed by atoms with Gasteiger partial charge in [-0.1, -0.05) is 6.07 Å². The van der Waals surface area contributed by atoms with Crippen molar-refractivity contribution in [3.05, 3.63) is 50.1 Å². The number of halogens is 1. The summed E-state index contributed by atoms with van der Waals surface area (Å²) in [4.78, 5) is 2.14. The highest BCUT2D eigenvalue weighted by Crippen LogP contribution is 2.33. The number of benzene rings is 1. The molecule has 0 aliphatic rings. The molecule has 1 atom stereocenters. The summed E-state index contributed by atoms with van der Waals surface area (Å²) in [5.41, 5.74) is 0.845. The highest BCUT2D eigenvalue weighted by Gasteiger charge is 2.14. The maximum Gasteiger partial charge on any atom is 0.133 e. The Labute approximate surface area is 131 Å². The van der Waals surface area contributed by atoms with Gasteiger partial charge in [0.05, 0.1) is 11.1 Å². The summed E-state index contributed by atoms with van der Waals surface area (Å²) >= 11 is 5.08. The molecule has 1 heterocycles. The van der Waals surface area contributed by atoms with Crippen LogP contribution in [0.2, 0.25) is 0 Å². The minimum absolute atomic E-state index is 0.501. The van der Waals surface area contributed by atoms with Gasteiger partial charge in [-0.3, -0.25) is 0 Å². The Kier molecular flexibility index (Phi) is 5.60. The first kappa shape index (κ1) is 15.5. The maximum absolute atomic E-state index is 10.4. The van der Waals surface area contributed by atoms with Crippen molar-refractivity contribution in [1.29, 1.82) is 0 Å². The molecule has 0 aliphatic carbocycles. The molecule has 1 aromatic carbocycles. The molecule has 108 valence electrons. The minimum atomic E-state index is -0.599. The zero-order valence-electron chi connectivity index (χ0n) is 11.4. The fourth-order valence-electron chi connectivity index (χ4n) is 1.80. The lowest BCUT2D eigenvalue weighted by atomic mass is 10.1. The highest BCUT2D eigenvalue weighted by molar-refractivity contribution is 9.10. The molecule has 1 N–H and O–H groups in total. The summed E-state index contributed by atoms with van der Waals surface area (Å²) in [5, 5.41) is 10.4. The highest BCUT2D eigenvalue weighted by atomic mass is 79.9. The first-order valence-electron chi connectivity index (χ1n) is 6.27. The second-order valence-corrected chi connectivity index (χ2v) is 6.56. The van der Waals surface area contributed by atoms with Gasteiger partial charge in [-0.05, 0) is 52.7 Å². The number of ether oxygens (including phenoxy) is 2.